The van der Waals surface area contributed by atoms with Crippen LogP contribution in [0, 0.1) is 11.8 Å². The highest BCUT2D eigenvalue weighted by Gasteiger charge is 2.51. The van der Waals surface area contributed by atoms with Crippen molar-refractivity contribution in [3.05, 3.63) is 0 Å². The molecule has 1 heterocycles. The van der Waals surface area contributed by atoms with Crippen molar-refractivity contribution in [1.82, 2.24) is 4.90 Å². The van der Waals surface area contributed by atoms with Gasteiger partial charge in [0.1, 0.15) is 5.71 Å². The number of aliphatic imine (C=N–C) groups is 1. The molecule has 1 aliphatic heterocycles. The highest BCUT2D eigenvalue weighted by atomic mass is 16.6. The van der Waals surface area contributed by atoms with E-state index in [4.69, 9.17) is 9.84 Å². The van der Waals surface area contributed by atoms with Crippen LogP contribution < -0.4 is 0 Å². The third-order valence-corrected chi connectivity index (χ3v) is 3.46. The summed E-state index contributed by atoms with van der Waals surface area (Å²) < 4.78 is 4.78. The van der Waals surface area contributed by atoms with Gasteiger partial charge in [-0.15, -0.1) is 0 Å². The number of carboxylic acids is 1. The van der Waals surface area contributed by atoms with Crippen LogP contribution in [0.4, 0.5) is 0 Å². The van der Waals surface area contributed by atoms with Gasteiger partial charge in [0.05, 0.1) is 0 Å². The minimum Gasteiger partial charge on any atom is -0.479 e. The second kappa shape index (κ2) is 8.19. The maximum atomic E-state index is 12.5. The summed E-state index contributed by atoms with van der Waals surface area (Å²) >= 11 is 0. The Labute approximate surface area is 136 Å². The number of hydrogen-bond donors (Lipinski definition) is 1. The number of aliphatic carboxylic acids is 1. The number of hydrogen-bond acceptors (Lipinski definition) is 4. The van der Waals surface area contributed by atoms with Gasteiger partial charge in [0.25, 0.3) is 11.8 Å². The molecule has 0 unspecified atom stereocenters. The Hall–Kier alpha value is -1.76. The molecule has 2 amide bonds. The SMILES string of the molecule is CC(C)CCN(C)C(=O)C(CC(C)C)=NC(=O)[C@H]1O[C@@H]1C(=O)O. The summed E-state index contributed by atoms with van der Waals surface area (Å²) in [6.07, 6.45) is -0.984. The van der Waals surface area contributed by atoms with Crippen LogP contribution in [0.3, 0.4) is 0 Å². The second-order valence-corrected chi connectivity index (χ2v) is 6.72. The highest BCUT2D eigenvalue weighted by Crippen LogP contribution is 2.24. The molecule has 7 heteroatoms. The van der Waals surface area contributed by atoms with Gasteiger partial charge in [0, 0.05) is 13.6 Å². The van der Waals surface area contributed by atoms with Crippen LogP contribution in [0.1, 0.15) is 40.5 Å². The first-order chi connectivity index (χ1) is 10.6. The van der Waals surface area contributed by atoms with E-state index in [0.717, 1.165) is 6.42 Å². The average Bonchev–Trinajstić information content (AvgIpc) is 3.23. The Morgan fingerprint density at radius 3 is 2.17 bits per heavy atom. The van der Waals surface area contributed by atoms with Crippen molar-refractivity contribution in [1.29, 1.82) is 0 Å². The zero-order valence-electron chi connectivity index (χ0n) is 14.4. The molecule has 0 bridgehead atoms. The lowest BCUT2D eigenvalue weighted by atomic mass is 10.0. The molecule has 0 aliphatic carbocycles. The van der Waals surface area contributed by atoms with Crippen molar-refractivity contribution in [3.63, 3.8) is 0 Å². The van der Waals surface area contributed by atoms with E-state index >= 15 is 0 Å². The standard InChI is InChI=1S/C16H26N2O5/c1-9(2)6-7-18(5)15(20)11(8-10(3)4)17-14(19)12-13(23-12)16(21)22/h9-10,12-13H,6-8H2,1-5H3,(H,21,22)/t12-,13-/m0/s1. The molecule has 0 spiro atoms. The molecule has 0 aromatic heterocycles. The predicted octanol–water partition coefficient (Wildman–Crippen LogP) is 1.36. The Morgan fingerprint density at radius 1 is 1.13 bits per heavy atom. The van der Waals surface area contributed by atoms with Gasteiger partial charge >= 0.3 is 5.97 Å². The number of nitrogens with zero attached hydrogens (tertiary/aromatic N) is 2. The van der Waals surface area contributed by atoms with E-state index in [1.807, 2.05) is 13.8 Å². The van der Waals surface area contributed by atoms with Gasteiger partial charge in [-0.05, 0) is 24.7 Å². The van der Waals surface area contributed by atoms with E-state index in [9.17, 15) is 14.4 Å². The Balaban J connectivity index is 2.78. The number of carbonyl (C=O) groups excluding carboxylic acids is 2. The summed E-state index contributed by atoms with van der Waals surface area (Å²) in [5, 5.41) is 8.77. The molecule has 0 aromatic carbocycles. The van der Waals surface area contributed by atoms with Gasteiger partial charge in [-0.3, -0.25) is 9.59 Å². The molecule has 1 rings (SSSR count). The first-order valence-electron chi connectivity index (χ1n) is 7.88. The summed E-state index contributed by atoms with van der Waals surface area (Å²) in [5.74, 6) is -1.56. The molecule has 0 saturated carbocycles. The molecule has 2 atom stereocenters. The van der Waals surface area contributed by atoms with Crippen LogP contribution in [0.15, 0.2) is 4.99 Å². The Kier molecular flexibility index (Phi) is 6.87. The van der Waals surface area contributed by atoms with E-state index in [1.165, 1.54) is 0 Å². The van der Waals surface area contributed by atoms with Crippen molar-refractivity contribution in [2.75, 3.05) is 13.6 Å². The fourth-order valence-corrected chi connectivity index (χ4v) is 2.03. The Morgan fingerprint density at radius 2 is 1.74 bits per heavy atom. The van der Waals surface area contributed by atoms with Gasteiger partial charge in [0.15, 0.2) is 12.2 Å². The number of carbonyl (C=O) groups is 3. The number of amides is 2. The van der Waals surface area contributed by atoms with Crippen molar-refractivity contribution < 1.29 is 24.2 Å². The molecule has 130 valence electrons. The third-order valence-electron chi connectivity index (χ3n) is 3.46. The van der Waals surface area contributed by atoms with Gasteiger partial charge in [0.2, 0.25) is 0 Å². The van der Waals surface area contributed by atoms with Crippen LogP contribution in [-0.4, -0.2) is 59.3 Å². The monoisotopic (exact) mass is 326 g/mol. The van der Waals surface area contributed by atoms with Crippen molar-refractivity contribution in [3.8, 4) is 0 Å². The first-order valence-corrected chi connectivity index (χ1v) is 7.88. The lowest BCUT2D eigenvalue weighted by Crippen LogP contribution is -2.36. The molecule has 23 heavy (non-hydrogen) atoms. The second-order valence-electron chi connectivity index (χ2n) is 6.72. The topological polar surface area (TPSA) is 99.6 Å². The van der Waals surface area contributed by atoms with Gasteiger partial charge < -0.3 is 14.7 Å². The van der Waals surface area contributed by atoms with E-state index in [1.54, 1.807) is 11.9 Å². The van der Waals surface area contributed by atoms with Gasteiger partial charge in [-0.1, -0.05) is 27.7 Å². The summed E-state index contributed by atoms with van der Waals surface area (Å²) in [6.45, 7) is 8.58. The highest BCUT2D eigenvalue weighted by molar-refractivity contribution is 6.40. The smallest absolute Gasteiger partial charge is 0.336 e. The van der Waals surface area contributed by atoms with Crippen LogP contribution >= 0.6 is 0 Å². The van der Waals surface area contributed by atoms with E-state index < -0.39 is 24.1 Å². The predicted molar refractivity (Wildman–Crippen MR) is 85.3 cm³/mol. The van der Waals surface area contributed by atoms with Gasteiger partial charge in [-0.2, -0.15) is 0 Å². The zero-order valence-corrected chi connectivity index (χ0v) is 14.4. The molecule has 0 radical (unpaired) electrons. The van der Waals surface area contributed by atoms with Crippen LogP contribution in [0.5, 0.6) is 0 Å². The molecule has 1 saturated heterocycles. The Bertz CT molecular complexity index is 499. The molecule has 7 nitrogen and oxygen atoms in total. The molecule has 1 N–H and O–H groups in total. The van der Waals surface area contributed by atoms with Crippen molar-refractivity contribution in [2.45, 2.75) is 52.7 Å². The zero-order chi connectivity index (χ0) is 17.7. The van der Waals surface area contributed by atoms with Gasteiger partial charge in [-0.25, -0.2) is 9.79 Å². The fraction of sp³-hybridized carbons (Fsp3) is 0.750. The molecular formula is C16H26N2O5. The maximum Gasteiger partial charge on any atom is 0.336 e. The lowest BCUT2D eigenvalue weighted by molar-refractivity contribution is -0.138. The molecule has 0 aromatic rings. The van der Waals surface area contributed by atoms with E-state index in [-0.39, 0.29) is 17.5 Å². The van der Waals surface area contributed by atoms with Crippen molar-refractivity contribution in [2.24, 2.45) is 16.8 Å². The van der Waals surface area contributed by atoms with Crippen LogP contribution in [0.25, 0.3) is 0 Å². The average molecular weight is 326 g/mol. The number of epoxide rings is 1. The van der Waals surface area contributed by atoms with Crippen LogP contribution in [0.2, 0.25) is 0 Å². The summed E-state index contributed by atoms with van der Waals surface area (Å²) in [4.78, 5) is 40.6. The van der Waals surface area contributed by atoms with Crippen molar-refractivity contribution >= 4 is 23.5 Å². The molecular weight excluding hydrogens is 300 g/mol. The summed E-state index contributed by atoms with van der Waals surface area (Å²) in [5.41, 5.74) is 0.163. The largest absolute Gasteiger partial charge is 0.479 e. The molecule has 1 aliphatic rings. The minimum atomic E-state index is -1.19. The fourth-order valence-electron chi connectivity index (χ4n) is 2.03. The van der Waals surface area contributed by atoms with Crippen LogP contribution in [-0.2, 0) is 19.1 Å². The molecule has 1 fully saturated rings. The maximum absolute atomic E-state index is 12.5. The lowest BCUT2D eigenvalue weighted by Gasteiger charge is -2.20. The number of rotatable bonds is 8. The minimum absolute atomic E-state index is 0.152. The van der Waals surface area contributed by atoms with E-state index in [2.05, 4.69) is 18.8 Å². The number of carboxylic acid groups (broad SMARTS) is 1. The summed E-state index contributed by atoms with van der Waals surface area (Å²) in [6, 6.07) is 0. The normalized spacial score (nSPS) is 20.7. The van der Waals surface area contributed by atoms with E-state index in [0.29, 0.717) is 18.9 Å². The third kappa shape index (κ3) is 6.09. The first kappa shape index (κ1) is 19.3. The number of ether oxygens (including phenoxy) is 1. The summed E-state index contributed by atoms with van der Waals surface area (Å²) in [7, 11) is 1.68. The quantitative estimate of drug-likeness (QED) is 0.536.